The van der Waals surface area contributed by atoms with Gasteiger partial charge in [-0.25, -0.2) is 33.6 Å². The highest BCUT2D eigenvalue weighted by Gasteiger charge is 2.25. The average molecular weight is 933 g/mol. The van der Waals surface area contributed by atoms with Crippen LogP contribution in [0.2, 0.25) is 0 Å². The Morgan fingerprint density at radius 2 is 0.708 bits per heavy atom. The first-order valence-electron chi connectivity index (χ1n) is 22.3. The Labute approximate surface area is 381 Å². The van der Waals surface area contributed by atoms with Crippen molar-refractivity contribution >= 4 is 42.3 Å². The molecule has 0 unspecified atom stereocenters. The van der Waals surface area contributed by atoms with Crippen molar-refractivity contribution in [2.24, 2.45) is 22.9 Å². The topological polar surface area (TPSA) is 369 Å². The first kappa shape index (κ1) is 55.7. The van der Waals surface area contributed by atoms with E-state index in [1.165, 1.54) is 0 Å². The minimum atomic E-state index is -0.236. The molecule has 7 rings (SSSR count). The molecule has 16 N–H and O–H groups in total. The van der Waals surface area contributed by atoms with E-state index in [0.29, 0.717) is 111 Å². The zero-order valence-corrected chi connectivity index (χ0v) is 37.8. The third kappa shape index (κ3) is 22.9. The minimum absolute atomic E-state index is 0.0143. The van der Waals surface area contributed by atoms with Crippen molar-refractivity contribution in [2.45, 2.75) is 0 Å². The van der Waals surface area contributed by atoms with Gasteiger partial charge in [0.25, 0.3) is 0 Å². The summed E-state index contributed by atoms with van der Waals surface area (Å²) in [5.41, 5.74) is 21.0. The van der Waals surface area contributed by atoms with Crippen LogP contribution >= 0.6 is 0 Å². The molecule has 12 amide bonds. The van der Waals surface area contributed by atoms with Crippen LogP contribution in [0.5, 0.6) is 0 Å². The lowest BCUT2D eigenvalue weighted by Crippen LogP contribution is -2.38. The standard InChI is InChI=1S/C8H14N4O2.C7H16N4O.C7H15N3O2.C5H11N3O.2C5H10N2O2/c13-7-9-1-3-11(7)5-6-12-4-2-10-8(12)14;8-1-2-9-3-5-11-6-4-10-7(11)12;8-1-2-9-3-4-10-5-6-12-7(10)11;6-1-3-8-4-2-7-5(8)9;6-1-2-7-3-4-9-5(7)8;8-4-3-7-2-1-6-5(7)9/h1-6H2,(H,9,13)(H,10,14);9H,1-6,8H2,(H,10,12);9H,1-6,8H2;1-4,6H2,(H,7,9);1-4,6H2;8H,1-4H2,(H,6,9). The number of urea groups is 5. The maximum atomic E-state index is 11.2. The summed E-state index contributed by atoms with van der Waals surface area (Å²) in [6.45, 7) is 20.0. The van der Waals surface area contributed by atoms with Gasteiger partial charge in [-0.2, -0.15) is 0 Å². The average Bonchev–Trinajstić information content (AvgIpc) is 4.19. The second-order valence-corrected chi connectivity index (χ2v) is 14.7. The van der Waals surface area contributed by atoms with E-state index in [2.05, 4.69) is 42.0 Å². The van der Waals surface area contributed by atoms with Gasteiger partial charge >= 0.3 is 42.3 Å². The lowest BCUT2D eigenvalue weighted by molar-refractivity contribution is 0.158. The largest absolute Gasteiger partial charge is 0.448 e. The maximum Gasteiger partial charge on any atom is 0.409 e. The summed E-state index contributed by atoms with van der Waals surface area (Å²) in [7, 11) is 0. The molecule has 7 aliphatic heterocycles. The van der Waals surface area contributed by atoms with Crippen molar-refractivity contribution in [3.05, 3.63) is 0 Å². The first-order valence-corrected chi connectivity index (χ1v) is 22.3. The van der Waals surface area contributed by atoms with Crippen molar-refractivity contribution in [3.63, 3.8) is 0 Å². The van der Waals surface area contributed by atoms with Crippen LogP contribution < -0.4 is 60.2 Å². The number of aliphatic hydroxyl groups is 1. The number of amides is 12. The van der Waals surface area contributed by atoms with E-state index in [0.717, 1.165) is 78.5 Å². The van der Waals surface area contributed by atoms with Gasteiger partial charge in [-0.05, 0) is 0 Å². The molecule has 0 atom stereocenters. The Bertz CT molecular complexity index is 1300. The van der Waals surface area contributed by atoms with Crippen LogP contribution in [0.3, 0.4) is 0 Å². The molecule has 0 aromatic carbocycles. The predicted octanol–water partition coefficient (Wildman–Crippen LogP) is -6.04. The van der Waals surface area contributed by atoms with Gasteiger partial charge in [0.1, 0.15) is 13.2 Å². The maximum absolute atomic E-state index is 11.2. The van der Waals surface area contributed by atoms with Gasteiger partial charge in [0.15, 0.2) is 0 Å². The van der Waals surface area contributed by atoms with Gasteiger partial charge in [0.05, 0.1) is 19.7 Å². The SMILES string of the molecule is NCCN1CCNC1=O.NCCN1CCOC1=O.NCCNCCN1CCNC1=O.NCCNCCN1CCOC1=O.O=C1NCCN1CCN1CCNC1=O.O=C1NCCN1CCO. The van der Waals surface area contributed by atoms with E-state index in [1.807, 2.05) is 0 Å². The second-order valence-electron chi connectivity index (χ2n) is 14.7. The molecule has 0 aliphatic carbocycles. The van der Waals surface area contributed by atoms with Crippen LogP contribution in [0.15, 0.2) is 0 Å². The van der Waals surface area contributed by atoms with E-state index in [4.69, 9.17) is 32.8 Å². The number of cyclic esters (lactones) is 2. The summed E-state index contributed by atoms with van der Waals surface area (Å²) in [4.78, 5) is 88.0. The smallest absolute Gasteiger partial charge is 0.409 e. The van der Waals surface area contributed by atoms with Gasteiger partial charge in [-0.1, -0.05) is 0 Å². The highest BCUT2D eigenvalue weighted by Crippen LogP contribution is 2.03. The molecule has 7 heterocycles. The number of β-amino-alcohol motifs (C(OH)–C–C–N with tert-alkyl or cyclic N) is 1. The van der Waals surface area contributed by atoms with Crippen LogP contribution in [-0.4, -0.2) is 278 Å². The van der Waals surface area contributed by atoms with E-state index in [1.54, 1.807) is 34.3 Å². The number of carbonyl (C=O) groups excluding carboxylic acids is 7. The van der Waals surface area contributed by atoms with Crippen LogP contribution in [-0.2, 0) is 9.47 Å². The molecule has 0 aromatic heterocycles. The Hall–Kier alpha value is -5.39. The van der Waals surface area contributed by atoms with Crippen molar-refractivity contribution in [3.8, 4) is 0 Å². The van der Waals surface area contributed by atoms with E-state index in [9.17, 15) is 33.6 Å². The molecule has 65 heavy (non-hydrogen) atoms. The molecule has 7 saturated heterocycles. The highest BCUT2D eigenvalue weighted by atomic mass is 16.6. The molecule has 28 heteroatoms. The highest BCUT2D eigenvalue weighted by molar-refractivity contribution is 5.78. The summed E-state index contributed by atoms with van der Waals surface area (Å²) in [6, 6.07) is -0.0525. The quantitative estimate of drug-likeness (QED) is 0.0537. The number of nitrogens with one attached hydrogen (secondary N) is 7. The lowest BCUT2D eigenvalue weighted by Gasteiger charge is -2.19. The Morgan fingerprint density at radius 1 is 0.400 bits per heavy atom. The molecular weight excluding hydrogens is 857 g/mol. The normalized spacial score (nSPS) is 18.4. The number of nitrogens with two attached hydrogens (primary N) is 4. The van der Waals surface area contributed by atoms with Gasteiger partial charge in [0.2, 0.25) is 0 Å². The molecule has 0 spiro atoms. The van der Waals surface area contributed by atoms with Gasteiger partial charge in [-0.15, -0.1) is 0 Å². The summed E-state index contributed by atoms with van der Waals surface area (Å²) >= 11 is 0. The third-order valence-electron chi connectivity index (χ3n) is 9.98. The van der Waals surface area contributed by atoms with Crippen LogP contribution in [0.4, 0.5) is 33.6 Å². The van der Waals surface area contributed by atoms with Gasteiger partial charge in [0, 0.05) is 164 Å². The zero-order valence-electron chi connectivity index (χ0n) is 37.8. The number of hydrogen-bond acceptors (Lipinski definition) is 16. The number of rotatable bonds is 19. The molecule has 0 radical (unpaired) electrons. The minimum Gasteiger partial charge on any atom is -0.448 e. The zero-order chi connectivity index (χ0) is 47.7. The number of hydrogen-bond donors (Lipinski definition) is 12. The van der Waals surface area contributed by atoms with Gasteiger partial charge < -0.3 is 109 Å². The van der Waals surface area contributed by atoms with Gasteiger partial charge in [-0.3, -0.25) is 0 Å². The molecule has 7 fully saturated rings. The first-order chi connectivity index (χ1) is 31.5. The van der Waals surface area contributed by atoms with E-state index >= 15 is 0 Å². The number of ether oxygens (including phenoxy) is 2. The molecule has 28 nitrogen and oxygen atoms in total. The second kappa shape index (κ2) is 34.0. The summed E-state index contributed by atoms with van der Waals surface area (Å²) < 4.78 is 9.41. The molecule has 0 saturated carbocycles. The Balaban J connectivity index is 0.000000270. The van der Waals surface area contributed by atoms with Crippen molar-refractivity contribution in [2.75, 3.05) is 197 Å². The Kier molecular flexibility index (Phi) is 29.2. The summed E-state index contributed by atoms with van der Waals surface area (Å²) in [6.07, 6.45) is -0.440. The Morgan fingerprint density at radius 3 is 1.00 bits per heavy atom. The van der Waals surface area contributed by atoms with Crippen LogP contribution in [0.25, 0.3) is 0 Å². The monoisotopic (exact) mass is 933 g/mol. The lowest BCUT2D eigenvalue weighted by atomic mass is 10.5. The van der Waals surface area contributed by atoms with Crippen molar-refractivity contribution in [1.29, 1.82) is 0 Å². The van der Waals surface area contributed by atoms with Crippen molar-refractivity contribution < 1.29 is 48.1 Å². The van der Waals surface area contributed by atoms with Crippen LogP contribution in [0, 0.1) is 0 Å². The molecule has 0 bridgehead atoms. The van der Waals surface area contributed by atoms with E-state index in [-0.39, 0.29) is 48.9 Å². The summed E-state index contributed by atoms with van der Waals surface area (Å²) in [5.74, 6) is 0. The van der Waals surface area contributed by atoms with E-state index < -0.39 is 0 Å². The predicted molar refractivity (Wildman–Crippen MR) is 240 cm³/mol. The van der Waals surface area contributed by atoms with Crippen molar-refractivity contribution in [1.82, 2.24) is 71.5 Å². The number of carbonyl (C=O) groups is 7. The molecular formula is C37H76N18O10. The fraction of sp³-hybridized carbons (Fsp3) is 0.811. The number of nitrogens with zero attached hydrogens (tertiary/aromatic N) is 7. The molecule has 374 valence electrons. The summed E-state index contributed by atoms with van der Waals surface area (Å²) in [5, 5.41) is 28.2. The number of aliphatic hydroxyl groups excluding tert-OH is 1. The molecule has 0 aromatic rings. The van der Waals surface area contributed by atoms with Crippen LogP contribution in [0.1, 0.15) is 0 Å². The molecule has 7 aliphatic rings. The third-order valence-corrected chi connectivity index (χ3v) is 9.98. The fourth-order valence-electron chi connectivity index (χ4n) is 6.44. The fourth-order valence-corrected chi connectivity index (χ4v) is 6.44.